The lowest BCUT2D eigenvalue weighted by atomic mass is 10.1. The zero-order valence-corrected chi connectivity index (χ0v) is 10.9. The Balaban J connectivity index is 2.19. The number of hydrogen-bond donors (Lipinski definition) is 0. The lowest BCUT2D eigenvalue weighted by Gasteiger charge is -2.12. The van der Waals surface area contributed by atoms with Crippen LogP contribution in [0, 0.1) is 5.92 Å². The third kappa shape index (κ3) is 3.22. The first-order chi connectivity index (χ1) is 9.02. The van der Waals surface area contributed by atoms with Gasteiger partial charge < -0.3 is 9.47 Å². The van der Waals surface area contributed by atoms with Gasteiger partial charge in [-0.15, -0.1) is 0 Å². The summed E-state index contributed by atoms with van der Waals surface area (Å²) in [5, 5.41) is 0. The van der Waals surface area contributed by atoms with E-state index in [2.05, 4.69) is 4.74 Å². The maximum atomic E-state index is 12.3. The molecule has 3 nitrogen and oxygen atoms in total. The summed E-state index contributed by atoms with van der Waals surface area (Å²) >= 11 is 0. The number of alkyl halides is 2. The Labute approximate surface area is 110 Å². The van der Waals surface area contributed by atoms with Crippen LogP contribution in [0.25, 0.3) is 0 Å². The Morgan fingerprint density at radius 1 is 1.42 bits per heavy atom. The van der Waals surface area contributed by atoms with Crippen molar-refractivity contribution < 1.29 is 23.0 Å². The molecule has 0 heterocycles. The molecule has 0 bridgehead atoms. The molecule has 1 aliphatic carbocycles. The van der Waals surface area contributed by atoms with Gasteiger partial charge in [0.25, 0.3) is 0 Å². The standard InChI is InChI=1S/C14H16F2O3/c1-3-18-13-6-9(11-7-10(11)8(2)17)4-5-12(13)19-14(15)16/h4-6,10-11,14H,3,7H2,1-2H3. The summed E-state index contributed by atoms with van der Waals surface area (Å²) in [4.78, 5) is 11.3. The fourth-order valence-corrected chi connectivity index (χ4v) is 2.23. The topological polar surface area (TPSA) is 35.5 Å². The molecule has 1 aliphatic rings. The zero-order chi connectivity index (χ0) is 14.0. The normalized spacial score (nSPS) is 21.3. The number of ketones is 1. The molecule has 19 heavy (non-hydrogen) atoms. The average Bonchev–Trinajstić information content (AvgIpc) is 3.11. The molecule has 0 spiro atoms. The molecule has 1 aromatic rings. The Hall–Kier alpha value is -1.65. The van der Waals surface area contributed by atoms with Gasteiger partial charge in [0, 0.05) is 5.92 Å². The summed E-state index contributed by atoms with van der Waals surface area (Å²) in [6.45, 7) is 0.830. The van der Waals surface area contributed by atoms with E-state index >= 15 is 0 Å². The van der Waals surface area contributed by atoms with E-state index in [1.54, 1.807) is 26.0 Å². The van der Waals surface area contributed by atoms with Crippen molar-refractivity contribution >= 4 is 5.78 Å². The molecule has 2 atom stereocenters. The molecule has 0 radical (unpaired) electrons. The van der Waals surface area contributed by atoms with Gasteiger partial charge in [0.05, 0.1) is 6.61 Å². The van der Waals surface area contributed by atoms with Crippen LogP contribution in [-0.2, 0) is 4.79 Å². The van der Waals surface area contributed by atoms with Gasteiger partial charge in [-0.1, -0.05) is 6.07 Å². The predicted octanol–water partition coefficient (Wildman–Crippen LogP) is 3.38. The second-order valence-electron chi connectivity index (χ2n) is 4.58. The predicted molar refractivity (Wildman–Crippen MR) is 65.8 cm³/mol. The highest BCUT2D eigenvalue weighted by Gasteiger charge is 2.42. The van der Waals surface area contributed by atoms with E-state index in [4.69, 9.17) is 4.74 Å². The van der Waals surface area contributed by atoms with Crippen LogP contribution in [-0.4, -0.2) is 19.0 Å². The third-order valence-corrected chi connectivity index (χ3v) is 3.22. The first-order valence-electron chi connectivity index (χ1n) is 6.25. The fourth-order valence-electron chi connectivity index (χ4n) is 2.23. The summed E-state index contributed by atoms with van der Waals surface area (Å²) in [6.07, 6.45) is 0.815. The van der Waals surface area contributed by atoms with Crippen LogP contribution in [0.3, 0.4) is 0 Å². The van der Waals surface area contributed by atoms with Crippen molar-refractivity contribution in [2.75, 3.05) is 6.61 Å². The van der Waals surface area contributed by atoms with E-state index in [1.165, 1.54) is 6.07 Å². The number of hydrogen-bond acceptors (Lipinski definition) is 3. The minimum Gasteiger partial charge on any atom is -0.490 e. The second kappa shape index (κ2) is 5.55. The van der Waals surface area contributed by atoms with E-state index in [9.17, 15) is 13.6 Å². The van der Waals surface area contributed by atoms with E-state index in [0.29, 0.717) is 12.4 Å². The third-order valence-electron chi connectivity index (χ3n) is 3.22. The van der Waals surface area contributed by atoms with Gasteiger partial charge in [-0.25, -0.2) is 0 Å². The summed E-state index contributed by atoms with van der Waals surface area (Å²) in [5.41, 5.74) is 0.935. The van der Waals surface area contributed by atoms with E-state index in [-0.39, 0.29) is 23.4 Å². The molecule has 104 valence electrons. The van der Waals surface area contributed by atoms with Gasteiger partial charge in [0.2, 0.25) is 0 Å². The van der Waals surface area contributed by atoms with Crippen LogP contribution >= 0.6 is 0 Å². The number of ether oxygens (including phenoxy) is 2. The summed E-state index contributed by atoms with van der Waals surface area (Å²) in [5.74, 6) is 0.722. The van der Waals surface area contributed by atoms with Gasteiger partial charge in [-0.05, 0) is 43.9 Å². The highest BCUT2D eigenvalue weighted by molar-refractivity contribution is 5.82. The molecule has 0 aromatic heterocycles. The number of carbonyl (C=O) groups excluding carboxylic acids is 1. The molecule has 5 heteroatoms. The largest absolute Gasteiger partial charge is 0.490 e. The SMILES string of the molecule is CCOc1cc(C2CC2C(C)=O)ccc1OC(F)F. The molecule has 0 N–H and O–H groups in total. The number of halogens is 2. The smallest absolute Gasteiger partial charge is 0.387 e. The van der Waals surface area contributed by atoms with E-state index in [0.717, 1.165) is 12.0 Å². The highest BCUT2D eigenvalue weighted by atomic mass is 19.3. The molecule has 2 rings (SSSR count). The number of benzene rings is 1. The van der Waals surface area contributed by atoms with Crippen LogP contribution in [0.15, 0.2) is 18.2 Å². The van der Waals surface area contributed by atoms with Crippen molar-refractivity contribution in [2.24, 2.45) is 5.92 Å². The van der Waals surface area contributed by atoms with Crippen molar-refractivity contribution in [3.05, 3.63) is 23.8 Å². The first-order valence-corrected chi connectivity index (χ1v) is 6.25. The number of rotatable bonds is 6. The minimum absolute atomic E-state index is 0.0284. The maximum Gasteiger partial charge on any atom is 0.387 e. The van der Waals surface area contributed by atoms with Gasteiger partial charge in [-0.3, -0.25) is 4.79 Å². The Bertz CT molecular complexity index is 474. The molecular formula is C14H16F2O3. The molecule has 0 amide bonds. The van der Waals surface area contributed by atoms with Crippen molar-refractivity contribution in [2.45, 2.75) is 32.8 Å². The Morgan fingerprint density at radius 2 is 2.16 bits per heavy atom. The molecule has 1 aromatic carbocycles. The van der Waals surface area contributed by atoms with Crippen LogP contribution in [0.5, 0.6) is 11.5 Å². The van der Waals surface area contributed by atoms with Crippen LogP contribution < -0.4 is 9.47 Å². The summed E-state index contributed by atoms with van der Waals surface area (Å²) < 4.78 is 34.2. The zero-order valence-electron chi connectivity index (χ0n) is 10.9. The maximum absolute atomic E-state index is 12.3. The fraction of sp³-hybridized carbons (Fsp3) is 0.500. The Kier molecular flexibility index (Phi) is 4.02. The average molecular weight is 270 g/mol. The van der Waals surface area contributed by atoms with Crippen LogP contribution in [0.4, 0.5) is 8.78 Å². The van der Waals surface area contributed by atoms with Crippen molar-refractivity contribution in [1.29, 1.82) is 0 Å². The van der Waals surface area contributed by atoms with E-state index in [1.807, 2.05) is 0 Å². The minimum atomic E-state index is -2.88. The molecule has 0 saturated heterocycles. The number of carbonyl (C=O) groups is 1. The van der Waals surface area contributed by atoms with Gasteiger partial charge in [-0.2, -0.15) is 8.78 Å². The summed E-state index contributed by atoms with van der Waals surface area (Å²) in [6, 6.07) is 4.88. The monoisotopic (exact) mass is 270 g/mol. The van der Waals surface area contributed by atoms with Gasteiger partial charge in [0.1, 0.15) is 5.78 Å². The number of Topliss-reactive ketones (excluding diaryl/α,β-unsaturated/α-hetero) is 1. The molecule has 0 aliphatic heterocycles. The Morgan fingerprint density at radius 3 is 2.68 bits per heavy atom. The molecular weight excluding hydrogens is 254 g/mol. The van der Waals surface area contributed by atoms with Crippen LogP contribution in [0.2, 0.25) is 0 Å². The van der Waals surface area contributed by atoms with Gasteiger partial charge >= 0.3 is 6.61 Å². The lowest BCUT2D eigenvalue weighted by Crippen LogP contribution is -2.05. The summed E-state index contributed by atoms with van der Waals surface area (Å²) in [7, 11) is 0. The second-order valence-corrected chi connectivity index (χ2v) is 4.58. The molecule has 1 saturated carbocycles. The van der Waals surface area contributed by atoms with Crippen LogP contribution in [0.1, 0.15) is 31.7 Å². The first kappa shape index (κ1) is 13.8. The molecule has 2 unspecified atom stereocenters. The quantitative estimate of drug-likeness (QED) is 0.795. The lowest BCUT2D eigenvalue weighted by molar-refractivity contribution is -0.118. The van der Waals surface area contributed by atoms with Gasteiger partial charge in [0.15, 0.2) is 11.5 Å². The molecule has 1 fully saturated rings. The van der Waals surface area contributed by atoms with Crippen molar-refractivity contribution in [3.8, 4) is 11.5 Å². The van der Waals surface area contributed by atoms with Crippen molar-refractivity contribution in [3.63, 3.8) is 0 Å². The van der Waals surface area contributed by atoms with E-state index < -0.39 is 6.61 Å². The van der Waals surface area contributed by atoms with Crippen molar-refractivity contribution in [1.82, 2.24) is 0 Å². The highest BCUT2D eigenvalue weighted by Crippen LogP contribution is 2.49.